The Kier molecular flexibility index (Phi) is 5.56. The van der Waals surface area contributed by atoms with E-state index in [1.807, 2.05) is 0 Å². The van der Waals surface area contributed by atoms with Crippen molar-refractivity contribution in [3.8, 4) is 0 Å². The maximum Gasteiger partial charge on any atom is 0.222 e. The third-order valence-corrected chi connectivity index (χ3v) is 3.82. The highest BCUT2D eigenvalue weighted by Crippen LogP contribution is 2.08. The number of amides is 1. The lowest BCUT2D eigenvalue weighted by molar-refractivity contribution is -0.123. The first kappa shape index (κ1) is 15.7. The van der Waals surface area contributed by atoms with Crippen molar-refractivity contribution >= 4 is 15.9 Å². The molecule has 6 nitrogen and oxygen atoms in total. The van der Waals surface area contributed by atoms with Crippen LogP contribution in [0.5, 0.6) is 0 Å². The molecule has 1 aromatic rings. The fourth-order valence-electron chi connectivity index (χ4n) is 1.45. The van der Waals surface area contributed by atoms with E-state index in [4.69, 9.17) is 4.42 Å². The highest BCUT2D eigenvalue weighted by molar-refractivity contribution is 7.88. The molecule has 0 atom stereocenters. The second-order valence-electron chi connectivity index (χ2n) is 4.62. The van der Waals surface area contributed by atoms with Gasteiger partial charge < -0.3 is 9.73 Å². The summed E-state index contributed by atoms with van der Waals surface area (Å²) in [6.45, 7) is 4.24. The molecule has 0 aliphatic rings. The summed E-state index contributed by atoms with van der Waals surface area (Å²) in [5.74, 6) is 0.365. The number of nitrogens with zero attached hydrogens (tertiary/aromatic N) is 1. The minimum Gasteiger partial charge on any atom is -0.468 e. The molecule has 19 heavy (non-hydrogen) atoms. The van der Waals surface area contributed by atoms with Gasteiger partial charge in [0.15, 0.2) is 0 Å². The monoisotopic (exact) mass is 288 g/mol. The Bertz CT molecular complexity index is 494. The van der Waals surface area contributed by atoms with E-state index in [1.54, 1.807) is 26.0 Å². The Morgan fingerprint density at radius 1 is 1.47 bits per heavy atom. The zero-order valence-electron chi connectivity index (χ0n) is 11.4. The molecule has 0 aromatic carbocycles. The number of furan rings is 1. The SMILES string of the molecule is CC(C)C(=O)NCCN(Cc1ccco1)S(C)(=O)=O. The second-order valence-corrected chi connectivity index (χ2v) is 6.60. The number of rotatable bonds is 7. The van der Waals surface area contributed by atoms with Crippen LogP contribution < -0.4 is 5.32 Å². The molecule has 1 amide bonds. The number of sulfonamides is 1. The van der Waals surface area contributed by atoms with Gasteiger partial charge in [0.25, 0.3) is 0 Å². The lowest BCUT2D eigenvalue weighted by Crippen LogP contribution is -2.38. The van der Waals surface area contributed by atoms with Crippen LogP contribution in [0.3, 0.4) is 0 Å². The first-order valence-electron chi connectivity index (χ1n) is 6.06. The zero-order chi connectivity index (χ0) is 14.5. The predicted octanol–water partition coefficient (Wildman–Crippen LogP) is 0.813. The first-order chi connectivity index (χ1) is 8.80. The Labute approximate surface area is 113 Å². The van der Waals surface area contributed by atoms with Crippen LogP contribution in [0.4, 0.5) is 0 Å². The van der Waals surface area contributed by atoms with E-state index >= 15 is 0 Å². The minimum absolute atomic E-state index is 0.0913. The van der Waals surface area contributed by atoms with Crippen molar-refractivity contribution in [3.05, 3.63) is 24.2 Å². The zero-order valence-corrected chi connectivity index (χ0v) is 12.2. The van der Waals surface area contributed by atoms with Crippen LogP contribution in [0.1, 0.15) is 19.6 Å². The Morgan fingerprint density at radius 3 is 2.63 bits per heavy atom. The highest BCUT2D eigenvalue weighted by atomic mass is 32.2. The quantitative estimate of drug-likeness (QED) is 0.805. The van der Waals surface area contributed by atoms with Gasteiger partial charge in [-0.25, -0.2) is 8.42 Å². The third-order valence-electron chi connectivity index (χ3n) is 2.57. The van der Waals surface area contributed by atoms with Gasteiger partial charge in [-0.2, -0.15) is 4.31 Å². The largest absolute Gasteiger partial charge is 0.468 e. The number of nitrogens with one attached hydrogen (secondary N) is 1. The van der Waals surface area contributed by atoms with Gasteiger partial charge in [-0.3, -0.25) is 4.79 Å². The first-order valence-corrected chi connectivity index (χ1v) is 7.90. The lowest BCUT2D eigenvalue weighted by Gasteiger charge is -2.19. The number of carbonyl (C=O) groups is 1. The molecule has 108 valence electrons. The van der Waals surface area contributed by atoms with Crippen molar-refractivity contribution in [2.24, 2.45) is 5.92 Å². The molecule has 7 heteroatoms. The average molecular weight is 288 g/mol. The minimum atomic E-state index is -3.34. The highest BCUT2D eigenvalue weighted by Gasteiger charge is 2.18. The van der Waals surface area contributed by atoms with Gasteiger partial charge in [0.05, 0.1) is 19.1 Å². The van der Waals surface area contributed by atoms with E-state index in [9.17, 15) is 13.2 Å². The van der Waals surface area contributed by atoms with E-state index < -0.39 is 10.0 Å². The number of carbonyl (C=O) groups excluding carboxylic acids is 1. The molecule has 1 aromatic heterocycles. The van der Waals surface area contributed by atoms with Crippen molar-refractivity contribution in [3.63, 3.8) is 0 Å². The average Bonchev–Trinajstić information content (AvgIpc) is 2.78. The van der Waals surface area contributed by atoms with E-state index in [-0.39, 0.29) is 31.5 Å². The molecule has 0 saturated heterocycles. The summed E-state index contributed by atoms with van der Waals surface area (Å²) in [5.41, 5.74) is 0. The lowest BCUT2D eigenvalue weighted by atomic mass is 10.2. The Morgan fingerprint density at radius 2 is 2.16 bits per heavy atom. The fourth-order valence-corrected chi connectivity index (χ4v) is 2.23. The van der Waals surface area contributed by atoms with E-state index in [0.717, 1.165) is 6.26 Å². The summed E-state index contributed by atoms with van der Waals surface area (Å²) in [5, 5.41) is 2.69. The molecule has 0 spiro atoms. The van der Waals surface area contributed by atoms with Crippen molar-refractivity contribution in [2.75, 3.05) is 19.3 Å². The Hall–Kier alpha value is -1.34. The predicted molar refractivity (Wildman–Crippen MR) is 71.8 cm³/mol. The molecular formula is C12H20N2O4S. The van der Waals surface area contributed by atoms with Crippen LogP contribution in [-0.2, 0) is 21.4 Å². The second kappa shape index (κ2) is 6.72. The molecule has 0 unspecified atom stereocenters. The molecule has 1 heterocycles. The van der Waals surface area contributed by atoms with Gasteiger partial charge in [-0.05, 0) is 12.1 Å². The summed E-state index contributed by atoms with van der Waals surface area (Å²) >= 11 is 0. The van der Waals surface area contributed by atoms with Crippen molar-refractivity contribution < 1.29 is 17.6 Å². The maximum atomic E-state index is 11.6. The Balaban J connectivity index is 2.55. The van der Waals surface area contributed by atoms with Gasteiger partial charge in [0.1, 0.15) is 5.76 Å². The summed E-state index contributed by atoms with van der Waals surface area (Å²) in [7, 11) is -3.34. The van der Waals surface area contributed by atoms with E-state index in [0.29, 0.717) is 5.76 Å². The van der Waals surface area contributed by atoms with Crippen LogP contribution >= 0.6 is 0 Å². The smallest absolute Gasteiger partial charge is 0.222 e. The summed E-state index contributed by atoms with van der Waals surface area (Å²) in [4.78, 5) is 11.4. The third kappa shape index (κ3) is 5.44. The van der Waals surface area contributed by atoms with Gasteiger partial charge >= 0.3 is 0 Å². The van der Waals surface area contributed by atoms with Gasteiger partial charge in [-0.15, -0.1) is 0 Å². The summed E-state index contributed by atoms with van der Waals surface area (Å²) in [6.07, 6.45) is 2.64. The van der Waals surface area contributed by atoms with Crippen LogP contribution in [-0.4, -0.2) is 38.0 Å². The van der Waals surface area contributed by atoms with E-state index in [1.165, 1.54) is 10.6 Å². The van der Waals surface area contributed by atoms with Crippen molar-refractivity contribution in [2.45, 2.75) is 20.4 Å². The molecule has 0 fully saturated rings. The van der Waals surface area contributed by atoms with Crippen molar-refractivity contribution in [1.82, 2.24) is 9.62 Å². The molecule has 0 bridgehead atoms. The normalized spacial score (nSPS) is 12.1. The van der Waals surface area contributed by atoms with Crippen LogP contribution in [0, 0.1) is 5.92 Å². The maximum absolute atomic E-state index is 11.6. The molecule has 1 rings (SSSR count). The molecule has 0 radical (unpaired) electrons. The van der Waals surface area contributed by atoms with E-state index in [2.05, 4.69) is 5.32 Å². The molecule has 0 aliphatic heterocycles. The molecule has 0 saturated carbocycles. The van der Waals surface area contributed by atoms with Crippen LogP contribution in [0.25, 0.3) is 0 Å². The van der Waals surface area contributed by atoms with Crippen molar-refractivity contribution in [1.29, 1.82) is 0 Å². The molecule has 0 aliphatic carbocycles. The topological polar surface area (TPSA) is 79.6 Å². The summed E-state index contributed by atoms with van der Waals surface area (Å²) in [6, 6.07) is 3.42. The fraction of sp³-hybridized carbons (Fsp3) is 0.583. The molecule has 1 N–H and O–H groups in total. The standard InChI is InChI=1S/C12H20N2O4S/c1-10(2)12(15)13-6-7-14(19(3,16)17)9-11-5-4-8-18-11/h4-5,8,10H,6-7,9H2,1-3H3,(H,13,15). The van der Waals surface area contributed by atoms with Gasteiger partial charge in [-0.1, -0.05) is 13.8 Å². The van der Waals surface area contributed by atoms with Gasteiger partial charge in [0.2, 0.25) is 15.9 Å². The molecular weight excluding hydrogens is 268 g/mol. The number of hydrogen-bond acceptors (Lipinski definition) is 4. The number of hydrogen-bond donors (Lipinski definition) is 1. The van der Waals surface area contributed by atoms with Crippen LogP contribution in [0.2, 0.25) is 0 Å². The van der Waals surface area contributed by atoms with Gasteiger partial charge in [0, 0.05) is 19.0 Å². The van der Waals surface area contributed by atoms with Crippen LogP contribution in [0.15, 0.2) is 22.8 Å². The summed E-state index contributed by atoms with van der Waals surface area (Å²) < 4.78 is 29.7.